The van der Waals surface area contributed by atoms with Gasteiger partial charge in [-0.3, -0.25) is 15.0 Å². The molecule has 4 aromatic rings. The normalized spacial score (nSPS) is 12.0. The molecule has 0 N–H and O–H groups in total. The van der Waals surface area contributed by atoms with Crippen molar-refractivity contribution in [3.8, 4) is 5.75 Å². The van der Waals surface area contributed by atoms with Crippen LogP contribution < -0.4 is 4.74 Å². The largest absolute Gasteiger partial charge is 0.492 e. The van der Waals surface area contributed by atoms with Gasteiger partial charge in [-0.15, -0.1) is 0 Å². The molecule has 0 saturated heterocycles. The van der Waals surface area contributed by atoms with Crippen LogP contribution in [0.4, 0.5) is 0 Å². The fourth-order valence-electron chi connectivity index (χ4n) is 4.99. The lowest BCUT2D eigenvalue weighted by molar-refractivity contribution is 0.176. The molecule has 200 valence electrons. The molecular formula is C34H43N3O. The summed E-state index contributed by atoms with van der Waals surface area (Å²) in [6.45, 7) is 16.2. The highest BCUT2D eigenvalue weighted by Gasteiger charge is 2.23. The first kappa shape index (κ1) is 27.8. The lowest BCUT2D eigenvalue weighted by Crippen LogP contribution is -2.25. The monoisotopic (exact) mass is 509 g/mol. The number of hydrogen-bond donors (Lipinski definition) is 0. The first-order valence-electron chi connectivity index (χ1n) is 14.0. The van der Waals surface area contributed by atoms with Crippen LogP contribution in [-0.2, 0) is 25.7 Å². The topological polar surface area (TPSA) is 47.9 Å². The molecule has 0 atom stereocenters. The van der Waals surface area contributed by atoms with E-state index in [-0.39, 0.29) is 5.41 Å². The quantitative estimate of drug-likeness (QED) is 0.206. The highest BCUT2D eigenvalue weighted by Crippen LogP contribution is 2.32. The smallest absolute Gasteiger partial charge is 0.129 e. The van der Waals surface area contributed by atoms with Crippen molar-refractivity contribution in [1.29, 1.82) is 0 Å². The van der Waals surface area contributed by atoms with Gasteiger partial charge in [0, 0.05) is 57.8 Å². The summed E-state index contributed by atoms with van der Waals surface area (Å²) >= 11 is 0. The van der Waals surface area contributed by atoms with E-state index in [9.17, 15) is 0 Å². The summed E-state index contributed by atoms with van der Waals surface area (Å²) < 4.78 is 6.67. The number of aromatic nitrogens is 3. The van der Waals surface area contributed by atoms with Crippen LogP contribution in [0.3, 0.4) is 0 Å². The van der Waals surface area contributed by atoms with Gasteiger partial charge in [-0.2, -0.15) is 0 Å². The van der Waals surface area contributed by atoms with E-state index >= 15 is 0 Å². The minimum absolute atomic E-state index is 0.0563. The van der Waals surface area contributed by atoms with E-state index in [1.807, 2.05) is 24.5 Å². The third-order valence-corrected chi connectivity index (χ3v) is 6.80. The summed E-state index contributed by atoms with van der Waals surface area (Å²) in [7, 11) is 0. The number of pyridine rings is 3. The zero-order valence-corrected chi connectivity index (χ0v) is 24.2. The van der Waals surface area contributed by atoms with Crippen molar-refractivity contribution in [3.63, 3.8) is 0 Å². The van der Waals surface area contributed by atoms with Crippen molar-refractivity contribution in [3.05, 3.63) is 94.7 Å². The second-order valence-corrected chi connectivity index (χ2v) is 12.3. The first-order valence-corrected chi connectivity index (χ1v) is 14.0. The van der Waals surface area contributed by atoms with Crippen molar-refractivity contribution in [2.45, 2.75) is 74.1 Å². The Hall–Kier alpha value is -3.27. The van der Waals surface area contributed by atoms with Crippen LogP contribution in [0.15, 0.2) is 60.9 Å². The summed E-state index contributed by atoms with van der Waals surface area (Å²) in [5.74, 6) is 2.07. The molecule has 0 bridgehead atoms. The number of fused-ring (bicyclic) bond motifs is 1. The van der Waals surface area contributed by atoms with Gasteiger partial charge in [-0.05, 0) is 67.9 Å². The van der Waals surface area contributed by atoms with Gasteiger partial charge in [0.25, 0.3) is 0 Å². The predicted octanol–water partition coefficient (Wildman–Crippen LogP) is 7.97. The maximum Gasteiger partial charge on any atom is 0.129 e. The van der Waals surface area contributed by atoms with Gasteiger partial charge in [-0.25, -0.2) is 0 Å². The molecule has 4 nitrogen and oxygen atoms in total. The molecule has 0 radical (unpaired) electrons. The van der Waals surface area contributed by atoms with E-state index in [0.29, 0.717) is 18.4 Å². The van der Waals surface area contributed by atoms with Gasteiger partial charge in [0.2, 0.25) is 0 Å². The molecule has 4 heteroatoms. The van der Waals surface area contributed by atoms with Crippen LogP contribution >= 0.6 is 0 Å². The van der Waals surface area contributed by atoms with E-state index in [4.69, 9.17) is 14.7 Å². The Kier molecular flexibility index (Phi) is 8.81. The van der Waals surface area contributed by atoms with E-state index in [1.165, 1.54) is 16.5 Å². The number of hydrogen-bond acceptors (Lipinski definition) is 4. The molecule has 38 heavy (non-hydrogen) atoms. The highest BCUT2D eigenvalue weighted by molar-refractivity contribution is 5.79. The highest BCUT2D eigenvalue weighted by atomic mass is 16.5. The van der Waals surface area contributed by atoms with Crippen molar-refractivity contribution in [2.75, 3.05) is 6.61 Å². The van der Waals surface area contributed by atoms with E-state index < -0.39 is 0 Å². The van der Waals surface area contributed by atoms with Gasteiger partial charge in [-0.1, -0.05) is 65.8 Å². The Bertz CT molecular complexity index is 1360. The van der Waals surface area contributed by atoms with Gasteiger partial charge in [0.15, 0.2) is 0 Å². The molecule has 0 aliphatic rings. The summed E-state index contributed by atoms with van der Waals surface area (Å²) in [5.41, 5.74) is 7.90. The van der Waals surface area contributed by atoms with E-state index in [2.05, 4.69) is 89.8 Å². The summed E-state index contributed by atoms with van der Waals surface area (Å²) in [6.07, 6.45) is 7.39. The van der Waals surface area contributed by atoms with Crippen molar-refractivity contribution >= 4 is 10.9 Å². The molecule has 0 unspecified atom stereocenters. The number of rotatable bonds is 11. The average Bonchev–Trinajstić information content (AvgIpc) is 2.85. The fraction of sp³-hybridized carbons (Fsp3) is 0.441. The Balaban J connectivity index is 1.64. The summed E-state index contributed by atoms with van der Waals surface area (Å²) in [4.78, 5) is 14.4. The standard InChI is InChI=1S/C34H43N3O/c1-23(2)16-28-14-13-27-12-11-26(19-31(27)37-28)18-30-32(17-24(3)4)36-21-25(5)33(30)38-22-34(6,7)20-29-10-8-9-15-35-29/h8-15,19,21,23-24H,16-18,20,22H2,1-7H3. The Morgan fingerprint density at radius 1 is 0.868 bits per heavy atom. The third kappa shape index (κ3) is 7.40. The molecule has 0 saturated carbocycles. The Morgan fingerprint density at radius 3 is 2.34 bits per heavy atom. The second-order valence-electron chi connectivity index (χ2n) is 12.3. The van der Waals surface area contributed by atoms with E-state index in [0.717, 1.165) is 59.6 Å². The molecule has 0 aliphatic carbocycles. The minimum atomic E-state index is -0.0563. The number of benzene rings is 1. The Labute approximate surface area is 228 Å². The van der Waals surface area contributed by atoms with Crippen LogP contribution in [0.1, 0.15) is 75.3 Å². The van der Waals surface area contributed by atoms with Crippen molar-refractivity contribution < 1.29 is 4.74 Å². The number of ether oxygens (including phenoxy) is 1. The lowest BCUT2D eigenvalue weighted by atomic mass is 9.88. The van der Waals surface area contributed by atoms with Gasteiger partial charge in [0.1, 0.15) is 5.75 Å². The Morgan fingerprint density at radius 2 is 1.63 bits per heavy atom. The zero-order chi connectivity index (χ0) is 27.3. The predicted molar refractivity (Wildman–Crippen MR) is 158 cm³/mol. The molecule has 0 fully saturated rings. The van der Waals surface area contributed by atoms with Gasteiger partial charge in [0.05, 0.1) is 12.1 Å². The molecule has 0 spiro atoms. The van der Waals surface area contributed by atoms with Gasteiger partial charge >= 0.3 is 0 Å². The van der Waals surface area contributed by atoms with Gasteiger partial charge < -0.3 is 4.74 Å². The zero-order valence-electron chi connectivity index (χ0n) is 24.2. The van der Waals surface area contributed by atoms with Crippen molar-refractivity contribution in [2.24, 2.45) is 17.3 Å². The van der Waals surface area contributed by atoms with Crippen LogP contribution in [0.25, 0.3) is 10.9 Å². The molecule has 0 aliphatic heterocycles. The van der Waals surface area contributed by atoms with Crippen molar-refractivity contribution in [1.82, 2.24) is 15.0 Å². The summed E-state index contributed by atoms with van der Waals surface area (Å²) in [6, 6.07) is 17.1. The maximum absolute atomic E-state index is 6.67. The van der Waals surface area contributed by atoms with Crippen LogP contribution in [0, 0.1) is 24.2 Å². The number of nitrogens with zero attached hydrogens (tertiary/aromatic N) is 3. The third-order valence-electron chi connectivity index (χ3n) is 6.80. The molecule has 3 aromatic heterocycles. The van der Waals surface area contributed by atoms with Crippen LogP contribution in [-0.4, -0.2) is 21.6 Å². The lowest BCUT2D eigenvalue weighted by Gasteiger charge is -2.26. The molecule has 1 aromatic carbocycles. The van der Waals surface area contributed by atoms with E-state index in [1.54, 1.807) is 0 Å². The van der Waals surface area contributed by atoms with Crippen LogP contribution in [0.2, 0.25) is 0 Å². The first-order chi connectivity index (χ1) is 18.1. The molecule has 3 heterocycles. The fourth-order valence-corrected chi connectivity index (χ4v) is 4.99. The minimum Gasteiger partial charge on any atom is -0.492 e. The SMILES string of the molecule is Cc1cnc(CC(C)C)c(Cc2ccc3ccc(CC(C)C)nc3c2)c1OCC(C)(C)Cc1ccccn1. The summed E-state index contributed by atoms with van der Waals surface area (Å²) in [5, 5.41) is 1.18. The second kappa shape index (κ2) is 12.1. The average molecular weight is 510 g/mol. The molecule has 4 rings (SSSR count). The maximum atomic E-state index is 6.67. The molecule has 0 amide bonds. The van der Waals surface area contributed by atoms with Crippen LogP contribution in [0.5, 0.6) is 5.75 Å². The number of aryl methyl sites for hydroxylation is 1. The molecular weight excluding hydrogens is 466 g/mol.